The molecule has 0 amide bonds. The van der Waals surface area contributed by atoms with Crippen molar-refractivity contribution >= 4 is 23.2 Å². The van der Waals surface area contributed by atoms with E-state index in [0.29, 0.717) is 30.0 Å². The Labute approximate surface area is 107 Å². The molecule has 0 aliphatic heterocycles. The van der Waals surface area contributed by atoms with E-state index in [2.05, 4.69) is 29.1 Å². The van der Waals surface area contributed by atoms with Gasteiger partial charge in [0.2, 0.25) is 0 Å². The van der Waals surface area contributed by atoms with Gasteiger partial charge in [-0.05, 0) is 12.8 Å². The van der Waals surface area contributed by atoms with Gasteiger partial charge in [0.15, 0.2) is 5.82 Å². The lowest BCUT2D eigenvalue weighted by Crippen LogP contribution is -2.31. The summed E-state index contributed by atoms with van der Waals surface area (Å²) >= 11 is 6.02. The molecule has 6 heteroatoms. The van der Waals surface area contributed by atoms with Crippen LogP contribution in [0.15, 0.2) is 6.33 Å². The molecule has 1 aromatic rings. The molecule has 0 unspecified atom stereocenters. The summed E-state index contributed by atoms with van der Waals surface area (Å²) in [5.74, 6) is 1.23. The summed E-state index contributed by atoms with van der Waals surface area (Å²) < 4.78 is 5.42. The quantitative estimate of drug-likeness (QED) is 0.818. The van der Waals surface area contributed by atoms with Gasteiger partial charge in [0, 0.05) is 6.61 Å². The van der Waals surface area contributed by atoms with Crippen LogP contribution in [0.3, 0.4) is 0 Å². The summed E-state index contributed by atoms with van der Waals surface area (Å²) in [6.07, 6.45) is 1.39. The Kier molecular flexibility index (Phi) is 5.44. The summed E-state index contributed by atoms with van der Waals surface area (Å²) in [6.45, 7) is 7.47. The first-order valence-corrected chi connectivity index (χ1v) is 6.04. The molecule has 0 aliphatic rings. The van der Waals surface area contributed by atoms with Crippen molar-refractivity contribution in [1.82, 2.24) is 9.97 Å². The van der Waals surface area contributed by atoms with Crippen LogP contribution in [0.5, 0.6) is 0 Å². The number of anilines is 2. The number of rotatable bonds is 6. The zero-order valence-electron chi connectivity index (χ0n) is 10.4. The third-order valence-corrected chi connectivity index (χ3v) is 2.82. The molecule has 0 saturated heterocycles. The second-order valence-electron chi connectivity index (χ2n) is 4.08. The highest BCUT2D eigenvalue weighted by atomic mass is 35.5. The Hall–Kier alpha value is -1.07. The lowest BCUT2D eigenvalue weighted by atomic mass is 10.1. The van der Waals surface area contributed by atoms with Crippen molar-refractivity contribution in [1.29, 1.82) is 0 Å². The fourth-order valence-electron chi connectivity index (χ4n) is 1.31. The first-order valence-electron chi connectivity index (χ1n) is 5.66. The fourth-order valence-corrected chi connectivity index (χ4v) is 1.46. The summed E-state index contributed by atoms with van der Waals surface area (Å²) in [6, 6.07) is 0.141. The van der Waals surface area contributed by atoms with Crippen LogP contribution in [0, 0.1) is 5.92 Å². The average Bonchev–Trinajstić information content (AvgIpc) is 2.29. The molecule has 17 heavy (non-hydrogen) atoms. The maximum absolute atomic E-state index is 6.02. The van der Waals surface area contributed by atoms with Crippen molar-refractivity contribution < 1.29 is 4.74 Å². The van der Waals surface area contributed by atoms with E-state index in [1.165, 1.54) is 6.33 Å². The van der Waals surface area contributed by atoms with Gasteiger partial charge in [-0.25, -0.2) is 9.97 Å². The van der Waals surface area contributed by atoms with Crippen molar-refractivity contribution in [3.63, 3.8) is 0 Å². The molecule has 0 aliphatic carbocycles. The van der Waals surface area contributed by atoms with Crippen LogP contribution in [0.25, 0.3) is 0 Å². The number of nitrogen functional groups attached to an aromatic ring is 1. The average molecular weight is 259 g/mol. The molecule has 0 aromatic carbocycles. The van der Waals surface area contributed by atoms with Gasteiger partial charge in [-0.15, -0.1) is 0 Å². The summed E-state index contributed by atoms with van der Waals surface area (Å²) in [4.78, 5) is 7.90. The number of ether oxygens (including phenoxy) is 1. The topological polar surface area (TPSA) is 73.1 Å². The molecule has 1 atom stereocenters. The second-order valence-corrected chi connectivity index (χ2v) is 4.45. The molecule has 0 saturated carbocycles. The van der Waals surface area contributed by atoms with E-state index in [1.54, 1.807) is 0 Å². The van der Waals surface area contributed by atoms with E-state index in [9.17, 15) is 0 Å². The Bertz CT molecular complexity index is 359. The molecule has 0 fully saturated rings. The van der Waals surface area contributed by atoms with Crippen LogP contribution in [0.2, 0.25) is 5.02 Å². The summed E-state index contributed by atoms with van der Waals surface area (Å²) in [5, 5.41) is 3.59. The number of hydrogen-bond donors (Lipinski definition) is 2. The predicted octanol–water partition coefficient (Wildman–Crippen LogP) is 2.19. The lowest BCUT2D eigenvalue weighted by molar-refractivity contribution is 0.126. The second kappa shape index (κ2) is 6.61. The van der Waals surface area contributed by atoms with Crippen LogP contribution in [0.1, 0.15) is 20.8 Å². The number of nitrogens with zero attached hydrogens (tertiary/aromatic N) is 2. The Morgan fingerprint density at radius 3 is 2.76 bits per heavy atom. The highest BCUT2D eigenvalue weighted by molar-refractivity contribution is 6.35. The van der Waals surface area contributed by atoms with E-state index in [4.69, 9.17) is 22.1 Å². The van der Waals surface area contributed by atoms with Crippen molar-refractivity contribution in [3.05, 3.63) is 11.3 Å². The summed E-state index contributed by atoms with van der Waals surface area (Å²) in [7, 11) is 0. The number of nitrogens with one attached hydrogen (secondary N) is 1. The van der Waals surface area contributed by atoms with Gasteiger partial charge in [-0.1, -0.05) is 25.4 Å². The smallest absolute Gasteiger partial charge is 0.150 e. The SMILES string of the molecule is CCOC[C@H](Nc1ncnc(N)c1Cl)C(C)C. The normalized spacial score (nSPS) is 12.8. The molecule has 0 bridgehead atoms. The largest absolute Gasteiger partial charge is 0.382 e. The first-order chi connectivity index (χ1) is 8.06. The van der Waals surface area contributed by atoms with Gasteiger partial charge in [-0.2, -0.15) is 0 Å². The zero-order chi connectivity index (χ0) is 12.8. The van der Waals surface area contributed by atoms with Crippen LogP contribution >= 0.6 is 11.6 Å². The minimum atomic E-state index is 0.141. The van der Waals surface area contributed by atoms with Gasteiger partial charge < -0.3 is 15.8 Å². The highest BCUT2D eigenvalue weighted by Gasteiger charge is 2.16. The third kappa shape index (κ3) is 4.02. The lowest BCUT2D eigenvalue weighted by Gasteiger charge is -2.23. The van der Waals surface area contributed by atoms with Gasteiger partial charge in [0.1, 0.15) is 17.2 Å². The number of aromatic nitrogens is 2. The summed E-state index contributed by atoms with van der Waals surface area (Å²) in [5.41, 5.74) is 5.62. The predicted molar refractivity (Wildman–Crippen MR) is 70.2 cm³/mol. The van der Waals surface area contributed by atoms with Gasteiger partial charge in [0.05, 0.1) is 12.6 Å². The standard InChI is InChI=1S/C11H19ClN4O/c1-4-17-5-8(7(2)3)16-11-9(12)10(13)14-6-15-11/h6-8H,4-5H2,1-3H3,(H3,13,14,15,16)/t8-/m0/s1. The molecular formula is C11H19ClN4O. The fraction of sp³-hybridized carbons (Fsp3) is 0.636. The molecule has 0 radical (unpaired) electrons. The molecule has 5 nitrogen and oxygen atoms in total. The minimum Gasteiger partial charge on any atom is -0.382 e. The van der Waals surface area contributed by atoms with Gasteiger partial charge in [0.25, 0.3) is 0 Å². The van der Waals surface area contributed by atoms with Crippen molar-refractivity contribution in [2.24, 2.45) is 5.92 Å². The number of hydrogen-bond acceptors (Lipinski definition) is 5. The van der Waals surface area contributed by atoms with E-state index in [1.807, 2.05) is 6.92 Å². The van der Waals surface area contributed by atoms with E-state index < -0.39 is 0 Å². The Morgan fingerprint density at radius 2 is 2.18 bits per heavy atom. The maximum atomic E-state index is 6.02. The molecule has 1 heterocycles. The van der Waals surface area contributed by atoms with E-state index in [0.717, 1.165) is 0 Å². The minimum absolute atomic E-state index is 0.141. The highest BCUT2D eigenvalue weighted by Crippen LogP contribution is 2.24. The molecule has 0 spiro atoms. The molecule has 1 rings (SSSR count). The molecule has 1 aromatic heterocycles. The Morgan fingerprint density at radius 1 is 1.47 bits per heavy atom. The van der Waals surface area contributed by atoms with Crippen LogP contribution in [0.4, 0.5) is 11.6 Å². The van der Waals surface area contributed by atoms with Gasteiger partial charge in [-0.3, -0.25) is 0 Å². The zero-order valence-corrected chi connectivity index (χ0v) is 11.2. The van der Waals surface area contributed by atoms with Crippen molar-refractivity contribution in [3.8, 4) is 0 Å². The Balaban J connectivity index is 2.75. The molecule has 96 valence electrons. The van der Waals surface area contributed by atoms with Crippen molar-refractivity contribution in [2.75, 3.05) is 24.3 Å². The van der Waals surface area contributed by atoms with E-state index in [-0.39, 0.29) is 11.9 Å². The first kappa shape index (κ1) is 14.0. The van der Waals surface area contributed by atoms with Crippen LogP contribution in [-0.2, 0) is 4.74 Å². The number of nitrogens with two attached hydrogens (primary N) is 1. The third-order valence-electron chi connectivity index (χ3n) is 2.44. The molecular weight excluding hydrogens is 240 g/mol. The maximum Gasteiger partial charge on any atom is 0.150 e. The number of halogens is 1. The molecule has 3 N–H and O–H groups in total. The van der Waals surface area contributed by atoms with Crippen LogP contribution in [-0.4, -0.2) is 29.2 Å². The van der Waals surface area contributed by atoms with Gasteiger partial charge >= 0.3 is 0 Å². The van der Waals surface area contributed by atoms with E-state index >= 15 is 0 Å². The monoisotopic (exact) mass is 258 g/mol. The van der Waals surface area contributed by atoms with Crippen LogP contribution < -0.4 is 11.1 Å². The van der Waals surface area contributed by atoms with Crippen molar-refractivity contribution in [2.45, 2.75) is 26.8 Å².